The molecule has 0 radical (unpaired) electrons. The largest absolute Gasteiger partial charge is 0.481 e. The molecule has 14 N–H and O–H groups in total. The van der Waals surface area contributed by atoms with Crippen LogP contribution in [0.4, 0.5) is 47.3 Å². The number of halogens is 5. The molecule has 100 heavy (non-hydrogen) atoms. The number of nitrogens with zero attached hydrogens (tertiary/aromatic N) is 5. The van der Waals surface area contributed by atoms with Gasteiger partial charge in [0.05, 0.1) is 31.0 Å². The van der Waals surface area contributed by atoms with Crippen LogP contribution in [0, 0.1) is 53.2 Å². The molecule has 6 aromatic carbocycles. The van der Waals surface area contributed by atoms with E-state index in [0.29, 0.717) is 33.2 Å². The fraction of sp³-hybridized carbons (Fsp3) is 0.228. The molecule has 0 fully saturated rings. The van der Waals surface area contributed by atoms with Crippen LogP contribution in [-0.4, -0.2) is 134 Å². The number of nitrogens with one attached hydrogen (secondary N) is 4. The SMILES string of the molecule is C/C(=C\CSC(=N)N)c1cc(NS(=O)(=O)c2ccccc2[N+](=O)[O-])ccc1F.CC(=O)O.C[C@]1(c2cc(NS(=O)(=O)c3ccccc3[N+](=O)[O-])ccc2F)N=C(N)SC[C@@H]1Br.C[C@]1(c2cc(NS(=O)(=O)c3ccccc3[N+](=O)[O-])ccc2F)N=C(N)SC[C@@H]1Br.O=C(O)[C@H](O)CO.O=C=O. The molecule has 2 aliphatic heterocycles. The number of anilines is 3. The molecule has 43 heteroatoms. The average Bonchev–Trinajstić information content (AvgIpc) is 0.775. The van der Waals surface area contributed by atoms with Crippen molar-refractivity contribution >= 4 is 171 Å². The Morgan fingerprint density at radius 1 is 0.670 bits per heavy atom. The minimum absolute atomic E-state index is 0.0486. The highest BCUT2D eigenvalue weighted by Crippen LogP contribution is 2.43. The highest BCUT2D eigenvalue weighted by atomic mass is 79.9. The molecule has 0 aromatic heterocycles. The number of carbonyl (C=O) groups is 2. The van der Waals surface area contributed by atoms with E-state index < -0.39 is 130 Å². The van der Waals surface area contributed by atoms with Gasteiger partial charge in [0, 0.05) is 76.1 Å². The number of benzene rings is 6. The molecule has 0 spiro atoms. The number of aliphatic hydroxyl groups excluding tert-OH is 2. The fourth-order valence-electron chi connectivity index (χ4n) is 8.19. The highest BCUT2D eigenvalue weighted by molar-refractivity contribution is 9.10. The van der Waals surface area contributed by atoms with Gasteiger partial charge in [-0.15, -0.1) is 0 Å². The number of rotatable bonds is 19. The molecular weight excluding hydrogens is 1580 g/mol. The summed E-state index contributed by atoms with van der Waals surface area (Å²) in [5, 5.41) is 72.3. The van der Waals surface area contributed by atoms with Crippen molar-refractivity contribution in [3.63, 3.8) is 0 Å². The number of para-hydroxylation sites is 3. The summed E-state index contributed by atoms with van der Waals surface area (Å²) in [7, 11) is -12.8. The summed E-state index contributed by atoms with van der Waals surface area (Å²) in [5.41, 5.74) is 14.2. The van der Waals surface area contributed by atoms with Gasteiger partial charge >= 0.3 is 12.1 Å². The van der Waals surface area contributed by atoms with Crippen molar-refractivity contribution in [3.8, 4) is 0 Å². The number of nitrogens with two attached hydrogens (primary N) is 3. The number of aliphatic hydroxyl groups is 2. The van der Waals surface area contributed by atoms with E-state index >= 15 is 0 Å². The number of alkyl halides is 2. The third kappa shape index (κ3) is 24.4. The van der Waals surface area contributed by atoms with Crippen LogP contribution in [-0.2, 0) is 60.3 Å². The van der Waals surface area contributed by atoms with Crippen molar-refractivity contribution in [2.75, 3.05) is 38.0 Å². The predicted octanol–water partition coefficient (Wildman–Crippen LogP) is 8.65. The van der Waals surface area contributed by atoms with Gasteiger partial charge in [0.2, 0.25) is 0 Å². The summed E-state index contributed by atoms with van der Waals surface area (Å²) >= 11 is 10.7. The van der Waals surface area contributed by atoms with Crippen molar-refractivity contribution in [1.29, 1.82) is 5.41 Å². The first-order valence-corrected chi connectivity index (χ1v) is 36.5. The zero-order chi connectivity index (χ0) is 75.8. The van der Waals surface area contributed by atoms with Crippen LogP contribution in [0.5, 0.6) is 0 Å². The number of carboxylic acids is 2. The number of amidine groups is 3. The zero-order valence-electron chi connectivity index (χ0n) is 51.9. The van der Waals surface area contributed by atoms with E-state index in [4.69, 9.17) is 57.4 Å². The van der Waals surface area contributed by atoms with Gasteiger partial charge in [-0.3, -0.25) is 64.7 Å². The van der Waals surface area contributed by atoms with Gasteiger partial charge in [0.1, 0.15) is 28.5 Å². The van der Waals surface area contributed by atoms with Crippen LogP contribution in [0.3, 0.4) is 0 Å². The van der Waals surface area contributed by atoms with Crippen LogP contribution < -0.4 is 31.4 Å². The van der Waals surface area contributed by atoms with E-state index in [0.717, 1.165) is 73.3 Å². The highest BCUT2D eigenvalue weighted by Gasteiger charge is 2.42. The number of nitro benzene ring substituents is 3. The Hall–Kier alpha value is -9.04. The standard InChI is InChI=1S/2C17H16BrFN4O4S2.C17H17FN4O4S2.C3H6O4.C2H4O2.CO2/c2*1-17(15(18)9-28-16(20)21-17)11-8-10(6-7-12(11)19)22-29(26,27)14-5-3-2-4-13(14)23(24)25;1-11(8-9-27-17(19)20)13-10-12(6-7-14(13)18)21-28(25,26)16-5-3-2-4-15(16)22(23)24;4-1-2(5)3(6)7;1-2(3)4;2-1-3/h2*2-8,15,22H,9H2,1H3,(H2,20,21);2-8,10,21H,9H2,1H3,(H3,19,20);2,4-5H,1H2,(H,6,7);1H3,(H,3,4);/b;;11-8+;;;/t2*15-,17+;;2-;;/m00.1../s1. The molecule has 32 nitrogen and oxygen atoms in total. The second-order valence-corrected chi connectivity index (χ2v) is 30.3. The molecule has 0 saturated heterocycles. The second-order valence-electron chi connectivity index (χ2n) is 20.0. The quantitative estimate of drug-likeness (QED) is 0.0119. The van der Waals surface area contributed by atoms with E-state index in [-0.39, 0.29) is 54.7 Å². The van der Waals surface area contributed by atoms with Crippen LogP contribution in [0.1, 0.15) is 44.4 Å². The summed E-state index contributed by atoms with van der Waals surface area (Å²) in [6, 6.07) is 25.9. The number of sulfonamides is 3. The van der Waals surface area contributed by atoms with E-state index in [2.05, 4.69) is 56.0 Å². The Balaban J connectivity index is 0.000000355. The molecular formula is C57H59Br2F3N12O20S6. The summed E-state index contributed by atoms with van der Waals surface area (Å²) in [5.74, 6) is -2.48. The Labute approximate surface area is 597 Å². The van der Waals surface area contributed by atoms with Crippen LogP contribution >= 0.6 is 67.1 Å². The number of hydrogen-bond donors (Lipinski definition) is 11. The molecule has 2 aliphatic rings. The Morgan fingerprint density at radius 2 is 0.980 bits per heavy atom. The average molecular weight is 1640 g/mol. The van der Waals surface area contributed by atoms with Crippen molar-refractivity contribution in [2.24, 2.45) is 27.2 Å². The number of allylic oxidation sites excluding steroid dienone is 1. The topological polar surface area (TPSA) is 544 Å². The Kier molecular flexibility index (Phi) is 32.3. The minimum Gasteiger partial charge on any atom is -0.481 e. The third-order valence-corrected chi connectivity index (χ3v) is 23.0. The maximum atomic E-state index is 14.6. The molecule has 0 bridgehead atoms. The number of aliphatic carboxylic acids is 2. The van der Waals surface area contributed by atoms with Gasteiger partial charge in [0.15, 0.2) is 36.3 Å². The van der Waals surface area contributed by atoms with Gasteiger partial charge in [-0.25, -0.2) is 43.2 Å². The maximum absolute atomic E-state index is 14.6. The fourth-order valence-corrected chi connectivity index (χ4v) is 15.7. The van der Waals surface area contributed by atoms with E-state index in [1.165, 1.54) is 96.3 Å². The number of aliphatic imine (C=N–C) groups is 2. The van der Waals surface area contributed by atoms with Crippen molar-refractivity contribution in [2.45, 2.75) is 69.2 Å². The molecule has 538 valence electrons. The Morgan fingerprint density at radius 3 is 1.27 bits per heavy atom. The maximum Gasteiger partial charge on any atom is 0.373 e. The lowest BCUT2D eigenvalue weighted by Gasteiger charge is -2.35. The smallest absolute Gasteiger partial charge is 0.373 e. The molecule has 0 unspecified atom stereocenters. The van der Waals surface area contributed by atoms with Crippen molar-refractivity contribution in [1.82, 2.24) is 0 Å². The van der Waals surface area contributed by atoms with Gasteiger partial charge < -0.3 is 37.6 Å². The molecule has 0 saturated carbocycles. The first-order chi connectivity index (χ1) is 46.5. The lowest BCUT2D eigenvalue weighted by atomic mass is 9.89. The van der Waals surface area contributed by atoms with Crippen molar-refractivity contribution in [3.05, 3.63) is 198 Å². The zero-order valence-corrected chi connectivity index (χ0v) is 60.0. The molecule has 6 aromatic rings. The lowest BCUT2D eigenvalue weighted by Crippen LogP contribution is -2.39. The second kappa shape index (κ2) is 38.0. The number of hydrogen-bond acceptors (Lipinski definition) is 26. The molecule has 0 aliphatic carbocycles. The summed E-state index contributed by atoms with van der Waals surface area (Å²) in [6.07, 6.45) is 0.283. The molecule has 2 heterocycles. The van der Waals surface area contributed by atoms with Gasteiger partial charge in [-0.2, -0.15) is 9.59 Å². The monoisotopic (exact) mass is 1640 g/mol. The molecule has 0 amide bonds. The first-order valence-electron chi connectivity index (χ1n) is 27.3. The number of thioether (sulfide) groups is 3. The lowest BCUT2D eigenvalue weighted by molar-refractivity contribution is -0.388. The third-order valence-electron chi connectivity index (χ3n) is 13.0. The molecule has 5 atom stereocenters. The molecule has 8 rings (SSSR count). The van der Waals surface area contributed by atoms with Gasteiger partial charge in [-0.05, 0) is 99.1 Å². The van der Waals surface area contributed by atoms with E-state index in [9.17, 15) is 73.6 Å². The van der Waals surface area contributed by atoms with E-state index in [1.54, 1.807) is 26.8 Å². The first kappa shape index (κ1) is 85.2. The number of carboxylic acid groups (broad SMARTS) is 2. The van der Waals surface area contributed by atoms with Crippen molar-refractivity contribution < 1.29 is 92.8 Å². The van der Waals surface area contributed by atoms with E-state index in [1.807, 2.05) is 0 Å². The predicted molar refractivity (Wildman–Crippen MR) is 376 cm³/mol. The van der Waals surface area contributed by atoms with Crippen LogP contribution in [0.25, 0.3) is 5.57 Å². The summed E-state index contributed by atoms with van der Waals surface area (Å²) in [6.45, 7) is 5.38. The summed E-state index contributed by atoms with van der Waals surface area (Å²) in [4.78, 5) is 72.6. The Bertz CT molecular complexity index is 4350. The van der Waals surface area contributed by atoms with Crippen LogP contribution in [0.15, 0.2) is 158 Å². The summed E-state index contributed by atoms with van der Waals surface area (Å²) < 4.78 is 126. The number of nitro groups is 3. The van der Waals surface area contributed by atoms with Gasteiger partial charge in [0.25, 0.3) is 53.1 Å². The van der Waals surface area contributed by atoms with Gasteiger partial charge in [-0.1, -0.05) is 110 Å². The minimum atomic E-state index is -4.28. The number of carbonyl (C=O) groups excluding carboxylic acids is 2. The van der Waals surface area contributed by atoms with Crippen LogP contribution in [0.2, 0.25) is 0 Å². The normalized spacial score (nSPS) is 17.4.